The van der Waals surface area contributed by atoms with Crippen LogP contribution in [-0.4, -0.2) is 44.3 Å². The number of carbonyl (C=O) groups excluding carboxylic acids is 2. The SMILES string of the molecule is O=C(COC(=O)COc1ccc2c(c1)CCC2)NC[C@H]1CCCO1. The Morgan fingerprint density at radius 1 is 1.17 bits per heavy atom. The molecule has 1 heterocycles. The minimum atomic E-state index is -0.553. The molecule has 0 spiro atoms. The third-order valence-corrected chi connectivity index (χ3v) is 4.34. The van der Waals surface area contributed by atoms with Crippen LogP contribution in [-0.2, 0) is 31.9 Å². The predicted molar refractivity (Wildman–Crippen MR) is 86.9 cm³/mol. The number of nitrogens with one attached hydrogen (secondary N) is 1. The van der Waals surface area contributed by atoms with Crippen LogP contribution in [0.4, 0.5) is 0 Å². The van der Waals surface area contributed by atoms with Gasteiger partial charge in [-0.25, -0.2) is 4.79 Å². The smallest absolute Gasteiger partial charge is 0.344 e. The van der Waals surface area contributed by atoms with Crippen molar-refractivity contribution in [2.45, 2.75) is 38.2 Å². The molecule has 1 aromatic carbocycles. The van der Waals surface area contributed by atoms with E-state index < -0.39 is 5.97 Å². The molecule has 2 aliphatic rings. The first-order chi connectivity index (χ1) is 11.7. The number of ether oxygens (including phenoxy) is 3. The molecule has 6 nitrogen and oxygen atoms in total. The molecule has 1 amide bonds. The zero-order valence-electron chi connectivity index (χ0n) is 13.7. The summed E-state index contributed by atoms with van der Waals surface area (Å²) in [4.78, 5) is 23.3. The van der Waals surface area contributed by atoms with Crippen molar-refractivity contribution in [2.24, 2.45) is 0 Å². The quantitative estimate of drug-likeness (QED) is 0.764. The highest BCUT2D eigenvalue weighted by atomic mass is 16.6. The summed E-state index contributed by atoms with van der Waals surface area (Å²) < 4.78 is 15.8. The molecule has 130 valence electrons. The Bertz CT molecular complexity index is 595. The molecular formula is C18H23NO5. The Balaban J connectivity index is 1.32. The third kappa shape index (κ3) is 4.71. The largest absolute Gasteiger partial charge is 0.482 e. The number of fused-ring (bicyclic) bond motifs is 1. The molecule has 1 aromatic rings. The zero-order chi connectivity index (χ0) is 16.8. The maximum atomic E-state index is 11.7. The molecule has 24 heavy (non-hydrogen) atoms. The van der Waals surface area contributed by atoms with Crippen LogP contribution in [0.15, 0.2) is 18.2 Å². The molecule has 0 saturated carbocycles. The van der Waals surface area contributed by atoms with Crippen LogP contribution in [0.3, 0.4) is 0 Å². The molecule has 0 bridgehead atoms. The van der Waals surface area contributed by atoms with Crippen molar-refractivity contribution < 1.29 is 23.8 Å². The second-order valence-electron chi connectivity index (χ2n) is 6.17. The van der Waals surface area contributed by atoms with E-state index in [-0.39, 0.29) is 25.2 Å². The van der Waals surface area contributed by atoms with Gasteiger partial charge in [0.1, 0.15) is 5.75 Å². The molecular weight excluding hydrogens is 310 g/mol. The second kappa shape index (κ2) is 8.15. The lowest BCUT2D eigenvalue weighted by atomic mass is 10.1. The maximum Gasteiger partial charge on any atom is 0.344 e. The van der Waals surface area contributed by atoms with Crippen molar-refractivity contribution in [1.82, 2.24) is 5.32 Å². The van der Waals surface area contributed by atoms with Gasteiger partial charge in [-0.2, -0.15) is 0 Å². The van der Waals surface area contributed by atoms with Crippen LogP contribution in [0.25, 0.3) is 0 Å². The molecule has 1 aliphatic carbocycles. The highest BCUT2D eigenvalue weighted by Crippen LogP contribution is 2.25. The second-order valence-corrected chi connectivity index (χ2v) is 6.17. The topological polar surface area (TPSA) is 73.9 Å². The van der Waals surface area contributed by atoms with Crippen molar-refractivity contribution >= 4 is 11.9 Å². The van der Waals surface area contributed by atoms with Crippen molar-refractivity contribution in [3.05, 3.63) is 29.3 Å². The van der Waals surface area contributed by atoms with E-state index >= 15 is 0 Å². The van der Waals surface area contributed by atoms with E-state index in [2.05, 4.69) is 5.32 Å². The van der Waals surface area contributed by atoms with Gasteiger partial charge in [-0.3, -0.25) is 4.79 Å². The Labute approximate surface area is 141 Å². The minimum absolute atomic E-state index is 0.0767. The molecule has 0 unspecified atom stereocenters. The van der Waals surface area contributed by atoms with E-state index in [9.17, 15) is 9.59 Å². The summed E-state index contributed by atoms with van der Waals surface area (Å²) in [7, 11) is 0. The number of amides is 1. The van der Waals surface area contributed by atoms with E-state index in [0.717, 1.165) is 32.3 Å². The summed E-state index contributed by atoms with van der Waals surface area (Å²) in [5, 5.41) is 2.70. The maximum absolute atomic E-state index is 11.7. The van der Waals surface area contributed by atoms with Crippen molar-refractivity contribution in [2.75, 3.05) is 26.4 Å². The summed E-state index contributed by atoms with van der Waals surface area (Å²) >= 11 is 0. The molecule has 1 N–H and O–H groups in total. The number of aryl methyl sites for hydroxylation is 2. The van der Waals surface area contributed by atoms with Gasteiger partial charge >= 0.3 is 5.97 Å². The lowest BCUT2D eigenvalue weighted by Crippen LogP contribution is -2.35. The van der Waals surface area contributed by atoms with Crippen LogP contribution in [0.2, 0.25) is 0 Å². The fourth-order valence-corrected chi connectivity index (χ4v) is 3.05. The number of carbonyl (C=O) groups is 2. The van der Waals surface area contributed by atoms with E-state index in [1.807, 2.05) is 18.2 Å². The predicted octanol–water partition coefficient (Wildman–Crippen LogP) is 1.39. The number of hydrogen-bond acceptors (Lipinski definition) is 5. The van der Waals surface area contributed by atoms with Gasteiger partial charge in [0.2, 0.25) is 0 Å². The highest BCUT2D eigenvalue weighted by molar-refractivity contribution is 5.80. The van der Waals surface area contributed by atoms with Crippen LogP contribution >= 0.6 is 0 Å². The van der Waals surface area contributed by atoms with Crippen molar-refractivity contribution in [3.63, 3.8) is 0 Å². The van der Waals surface area contributed by atoms with Gasteiger partial charge in [0, 0.05) is 13.2 Å². The molecule has 1 saturated heterocycles. The summed E-state index contributed by atoms with van der Waals surface area (Å²) in [6.45, 7) is 0.717. The Morgan fingerprint density at radius 3 is 2.88 bits per heavy atom. The summed E-state index contributed by atoms with van der Waals surface area (Å²) in [6, 6.07) is 5.89. The number of hydrogen-bond donors (Lipinski definition) is 1. The van der Waals surface area contributed by atoms with E-state index in [1.54, 1.807) is 0 Å². The monoisotopic (exact) mass is 333 g/mol. The van der Waals surface area contributed by atoms with Gasteiger partial charge in [-0.15, -0.1) is 0 Å². The van der Waals surface area contributed by atoms with Crippen LogP contribution in [0, 0.1) is 0 Å². The van der Waals surface area contributed by atoms with Crippen LogP contribution in [0.5, 0.6) is 5.75 Å². The van der Waals surface area contributed by atoms with Crippen molar-refractivity contribution in [3.8, 4) is 5.75 Å². The average molecular weight is 333 g/mol. The number of rotatable bonds is 7. The van der Waals surface area contributed by atoms with Gasteiger partial charge in [0.05, 0.1) is 6.10 Å². The van der Waals surface area contributed by atoms with E-state index in [0.29, 0.717) is 12.3 Å². The molecule has 1 fully saturated rings. The Hall–Kier alpha value is -2.08. The van der Waals surface area contributed by atoms with Gasteiger partial charge < -0.3 is 19.5 Å². The van der Waals surface area contributed by atoms with Crippen molar-refractivity contribution in [1.29, 1.82) is 0 Å². The number of benzene rings is 1. The Morgan fingerprint density at radius 2 is 2.04 bits per heavy atom. The summed E-state index contributed by atoms with van der Waals surface area (Å²) in [5.74, 6) is -0.213. The molecule has 3 rings (SSSR count). The molecule has 0 radical (unpaired) electrons. The first-order valence-electron chi connectivity index (χ1n) is 8.49. The van der Waals surface area contributed by atoms with Gasteiger partial charge in [0.25, 0.3) is 5.91 Å². The Kier molecular flexibility index (Phi) is 5.69. The highest BCUT2D eigenvalue weighted by Gasteiger charge is 2.17. The molecule has 1 aliphatic heterocycles. The summed E-state index contributed by atoms with van der Waals surface area (Å²) in [6.07, 6.45) is 5.39. The zero-order valence-corrected chi connectivity index (χ0v) is 13.7. The number of esters is 1. The standard InChI is InChI=1S/C18H23NO5/c20-17(19-10-16-5-2-8-22-16)11-24-18(21)12-23-15-7-6-13-3-1-4-14(13)9-15/h6-7,9,16H,1-5,8,10-12H2,(H,19,20)/t16-/m1/s1. The van der Waals surface area contributed by atoms with Gasteiger partial charge in [0.15, 0.2) is 13.2 Å². The van der Waals surface area contributed by atoms with Crippen LogP contribution < -0.4 is 10.1 Å². The van der Waals surface area contributed by atoms with Gasteiger partial charge in [-0.05, 0) is 55.4 Å². The summed E-state index contributed by atoms with van der Waals surface area (Å²) in [5.41, 5.74) is 2.64. The first kappa shape index (κ1) is 16.8. The molecule has 0 aromatic heterocycles. The van der Waals surface area contributed by atoms with Gasteiger partial charge in [-0.1, -0.05) is 6.07 Å². The first-order valence-corrected chi connectivity index (χ1v) is 8.49. The molecule has 1 atom stereocenters. The normalized spacial score (nSPS) is 18.9. The van der Waals surface area contributed by atoms with E-state index in [4.69, 9.17) is 14.2 Å². The lowest BCUT2D eigenvalue weighted by molar-refractivity contribution is -0.150. The fourth-order valence-electron chi connectivity index (χ4n) is 3.05. The van der Waals surface area contributed by atoms with Crippen LogP contribution in [0.1, 0.15) is 30.4 Å². The third-order valence-electron chi connectivity index (χ3n) is 4.34. The fraction of sp³-hybridized carbons (Fsp3) is 0.556. The average Bonchev–Trinajstić information content (AvgIpc) is 3.26. The molecule has 6 heteroatoms. The minimum Gasteiger partial charge on any atom is -0.482 e. The lowest BCUT2D eigenvalue weighted by Gasteiger charge is -2.11. The van der Waals surface area contributed by atoms with E-state index in [1.165, 1.54) is 17.5 Å².